The van der Waals surface area contributed by atoms with Crippen LogP contribution in [0.15, 0.2) is 52.6 Å². The molecule has 1 N–H and O–H groups in total. The summed E-state index contributed by atoms with van der Waals surface area (Å²) in [6.07, 6.45) is 1.44. The molecule has 0 aliphatic carbocycles. The Hall–Kier alpha value is -2.12. The van der Waals surface area contributed by atoms with E-state index in [1.807, 2.05) is 0 Å². The summed E-state index contributed by atoms with van der Waals surface area (Å²) in [6.45, 7) is 3.57. The smallest absolute Gasteiger partial charge is 0.277 e. The Bertz CT molecular complexity index is 689. The first-order chi connectivity index (χ1) is 9.56. The van der Waals surface area contributed by atoms with Crippen LogP contribution in [-0.4, -0.2) is 27.2 Å². The topological polar surface area (TPSA) is 81.4 Å². The first kappa shape index (κ1) is 14.3. The maximum Gasteiger partial charge on any atom is 0.277 e. The van der Waals surface area contributed by atoms with Gasteiger partial charge in [0.2, 0.25) is 0 Å². The highest BCUT2D eigenvalue weighted by Crippen LogP contribution is 2.23. The molecule has 2 rings (SSSR count). The number of aromatic nitrogens is 1. The van der Waals surface area contributed by atoms with Gasteiger partial charge in [-0.05, 0) is 24.3 Å². The van der Waals surface area contributed by atoms with E-state index in [1.54, 1.807) is 31.4 Å². The number of ether oxygens (including phenoxy) is 1. The molecule has 106 valence electrons. The van der Waals surface area contributed by atoms with Crippen molar-refractivity contribution in [3.05, 3.63) is 43.0 Å². The monoisotopic (exact) mass is 294 g/mol. The lowest BCUT2D eigenvalue weighted by Crippen LogP contribution is -2.23. The zero-order valence-corrected chi connectivity index (χ0v) is 11.7. The van der Waals surface area contributed by atoms with Crippen LogP contribution in [0.3, 0.4) is 0 Å². The molecule has 0 saturated heterocycles. The van der Waals surface area contributed by atoms with Crippen molar-refractivity contribution >= 4 is 10.0 Å². The van der Waals surface area contributed by atoms with Gasteiger partial charge in [-0.3, -0.25) is 0 Å². The molecule has 0 fully saturated rings. The van der Waals surface area contributed by atoms with Gasteiger partial charge in [0.25, 0.3) is 15.1 Å². The Morgan fingerprint density at radius 3 is 2.70 bits per heavy atom. The highest BCUT2D eigenvalue weighted by molar-refractivity contribution is 7.89. The number of methoxy groups -OCH3 is 1. The normalized spacial score (nSPS) is 11.2. The van der Waals surface area contributed by atoms with Crippen molar-refractivity contribution in [3.8, 4) is 17.0 Å². The molecule has 0 saturated carbocycles. The van der Waals surface area contributed by atoms with Crippen molar-refractivity contribution in [2.75, 3.05) is 13.7 Å². The van der Waals surface area contributed by atoms with E-state index in [0.29, 0.717) is 11.4 Å². The standard InChI is InChI=1S/C13H14N2O4S/c1-3-8-14-20(16,17)13-9-12(15-19-13)10-4-6-11(18-2)7-5-10/h3-7,9,14H,1,8H2,2H3. The fourth-order valence-electron chi connectivity index (χ4n) is 1.52. The van der Waals surface area contributed by atoms with E-state index < -0.39 is 10.0 Å². The van der Waals surface area contributed by atoms with Gasteiger partial charge in [0, 0.05) is 18.2 Å². The molecule has 6 nitrogen and oxygen atoms in total. The van der Waals surface area contributed by atoms with Crippen molar-refractivity contribution < 1.29 is 17.7 Å². The quantitative estimate of drug-likeness (QED) is 0.822. The van der Waals surface area contributed by atoms with Crippen LogP contribution in [0.2, 0.25) is 0 Å². The van der Waals surface area contributed by atoms with E-state index in [4.69, 9.17) is 9.26 Å². The van der Waals surface area contributed by atoms with Gasteiger partial charge in [-0.15, -0.1) is 6.58 Å². The van der Waals surface area contributed by atoms with Crippen molar-refractivity contribution in [2.45, 2.75) is 5.09 Å². The summed E-state index contributed by atoms with van der Waals surface area (Å²) in [6, 6.07) is 8.42. The summed E-state index contributed by atoms with van der Waals surface area (Å²) in [5, 5.41) is 3.52. The number of rotatable bonds is 6. The lowest BCUT2D eigenvalue weighted by atomic mass is 10.1. The molecule has 0 aliphatic rings. The fourth-order valence-corrected chi connectivity index (χ4v) is 2.40. The van der Waals surface area contributed by atoms with Gasteiger partial charge in [-0.2, -0.15) is 0 Å². The zero-order valence-electron chi connectivity index (χ0n) is 10.9. The van der Waals surface area contributed by atoms with E-state index in [1.165, 1.54) is 12.1 Å². The highest BCUT2D eigenvalue weighted by Gasteiger charge is 2.19. The Morgan fingerprint density at radius 1 is 1.40 bits per heavy atom. The summed E-state index contributed by atoms with van der Waals surface area (Å²) in [4.78, 5) is 0. The maximum atomic E-state index is 11.8. The largest absolute Gasteiger partial charge is 0.497 e. The van der Waals surface area contributed by atoms with E-state index >= 15 is 0 Å². The Kier molecular flexibility index (Phi) is 4.21. The number of benzene rings is 1. The van der Waals surface area contributed by atoms with Gasteiger partial charge in [0.15, 0.2) is 0 Å². The second kappa shape index (κ2) is 5.89. The average molecular weight is 294 g/mol. The lowest BCUT2D eigenvalue weighted by Gasteiger charge is -1.99. The zero-order chi connectivity index (χ0) is 14.6. The molecule has 1 aromatic heterocycles. The summed E-state index contributed by atoms with van der Waals surface area (Å²) in [5.74, 6) is 0.706. The molecular weight excluding hydrogens is 280 g/mol. The summed E-state index contributed by atoms with van der Waals surface area (Å²) >= 11 is 0. The SMILES string of the molecule is C=CCNS(=O)(=O)c1cc(-c2ccc(OC)cc2)no1. The van der Waals surface area contributed by atoms with Crippen LogP contribution in [0.25, 0.3) is 11.3 Å². The predicted octanol–water partition coefficient (Wildman–Crippen LogP) is 1.81. The molecule has 1 aromatic carbocycles. The molecule has 0 aliphatic heterocycles. The molecule has 0 bridgehead atoms. The number of nitrogens with zero attached hydrogens (tertiary/aromatic N) is 1. The molecule has 2 aromatic rings. The van der Waals surface area contributed by atoms with Crippen LogP contribution >= 0.6 is 0 Å². The van der Waals surface area contributed by atoms with Gasteiger partial charge >= 0.3 is 0 Å². The Balaban J connectivity index is 2.25. The molecule has 0 radical (unpaired) electrons. The molecule has 0 spiro atoms. The second-order valence-electron chi connectivity index (χ2n) is 3.90. The van der Waals surface area contributed by atoms with Crippen molar-refractivity contribution in [1.82, 2.24) is 9.88 Å². The summed E-state index contributed by atoms with van der Waals surface area (Å²) < 4.78 is 35.9. The van der Waals surface area contributed by atoms with Gasteiger partial charge in [-0.25, -0.2) is 13.1 Å². The summed E-state index contributed by atoms with van der Waals surface area (Å²) in [7, 11) is -2.13. The van der Waals surface area contributed by atoms with Gasteiger partial charge in [0.1, 0.15) is 11.4 Å². The predicted molar refractivity (Wildman–Crippen MR) is 73.9 cm³/mol. The minimum Gasteiger partial charge on any atom is -0.497 e. The number of nitrogens with one attached hydrogen (secondary N) is 1. The van der Waals surface area contributed by atoms with Gasteiger partial charge < -0.3 is 9.26 Å². The van der Waals surface area contributed by atoms with Crippen LogP contribution < -0.4 is 9.46 Å². The van der Waals surface area contributed by atoms with E-state index in [2.05, 4.69) is 16.5 Å². The molecular formula is C13H14N2O4S. The third-order valence-corrected chi connectivity index (χ3v) is 3.83. The molecule has 0 amide bonds. The van der Waals surface area contributed by atoms with E-state index in [-0.39, 0.29) is 11.6 Å². The average Bonchev–Trinajstić information content (AvgIpc) is 2.96. The van der Waals surface area contributed by atoms with Crippen LogP contribution in [0, 0.1) is 0 Å². The first-order valence-electron chi connectivity index (χ1n) is 5.78. The third-order valence-electron chi connectivity index (χ3n) is 2.56. The first-order valence-corrected chi connectivity index (χ1v) is 7.27. The number of hydrogen-bond donors (Lipinski definition) is 1. The maximum absolute atomic E-state index is 11.8. The second-order valence-corrected chi connectivity index (χ2v) is 5.60. The molecule has 0 unspecified atom stereocenters. The van der Waals surface area contributed by atoms with Crippen LogP contribution in [-0.2, 0) is 10.0 Å². The number of sulfonamides is 1. The van der Waals surface area contributed by atoms with Gasteiger partial charge in [0.05, 0.1) is 7.11 Å². The third kappa shape index (κ3) is 3.06. The van der Waals surface area contributed by atoms with E-state index in [0.717, 1.165) is 5.56 Å². The molecule has 0 atom stereocenters. The van der Waals surface area contributed by atoms with Crippen molar-refractivity contribution in [1.29, 1.82) is 0 Å². The van der Waals surface area contributed by atoms with Crippen molar-refractivity contribution in [3.63, 3.8) is 0 Å². The molecule has 7 heteroatoms. The highest BCUT2D eigenvalue weighted by atomic mass is 32.2. The Labute approximate surface area is 117 Å². The van der Waals surface area contributed by atoms with Crippen LogP contribution in [0.5, 0.6) is 5.75 Å². The van der Waals surface area contributed by atoms with Crippen LogP contribution in [0.1, 0.15) is 0 Å². The van der Waals surface area contributed by atoms with E-state index in [9.17, 15) is 8.42 Å². The van der Waals surface area contributed by atoms with Crippen LogP contribution in [0.4, 0.5) is 0 Å². The van der Waals surface area contributed by atoms with Gasteiger partial charge in [-0.1, -0.05) is 11.2 Å². The molecule has 1 heterocycles. The van der Waals surface area contributed by atoms with Crippen molar-refractivity contribution in [2.24, 2.45) is 0 Å². The minimum absolute atomic E-state index is 0.126. The Morgan fingerprint density at radius 2 is 2.10 bits per heavy atom. The summed E-state index contributed by atoms with van der Waals surface area (Å²) in [5.41, 5.74) is 1.17. The lowest BCUT2D eigenvalue weighted by molar-refractivity contribution is 0.339. The minimum atomic E-state index is -3.70. The molecule has 20 heavy (non-hydrogen) atoms. The number of hydrogen-bond acceptors (Lipinski definition) is 5. The fraction of sp³-hybridized carbons (Fsp3) is 0.154.